The molecule has 1 aliphatic rings. The number of hydrogen-bond donors (Lipinski definition) is 2. The Labute approximate surface area is 99.9 Å². The minimum Gasteiger partial charge on any atom is -0.330 e. The van der Waals surface area contributed by atoms with Gasteiger partial charge in [-0.25, -0.2) is 0 Å². The minimum atomic E-state index is 0.720. The van der Waals surface area contributed by atoms with Gasteiger partial charge in [-0.05, 0) is 45.4 Å². The SMILES string of the molecule is CCC1CN(CCCN)CCN1CCCN. The van der Waals surface area contributed by atoms with Crippen molar-refractivity contribution in [1.29, 1.82) is 0 Å². The summed E-state index contributed by atoms with van der Waals surface area (Å²) >= 11 is 0. The second-order valence-corrected chi connectivity index (χ2v) is 4.68. The molecule has 1 atom stereocenters. The molecule has 1 unspecified atom stereocenters. The van der Waals surface area contributed by atoms with E-state index in [-0.39, 0.29) is 0 Å². The van der Waals surface area contributed by atoms with E-state index in [0.29, 0.717) is 0 Å². The molecule has 0 saturated carbocycles. The maximum absolute atomic E-state index is 5.57. The molecule has 4 nitrogen and oxygen atoms in total. The molecule has 0 radical (unpaired) electrons. The third-order valence-corrected chi connectivity index (χ3v) is 3.49. The molecule has 0 spiro atoms. The summed E-state index contributed by atoms with van der Waals surface area (Å²) in [5, 5.41) is 0. The van der Waals surface area contributed by atoms with Crippen molar-refractivity contribution < 1.29 is 0 Å². The van der Waals surface area contributed by atoms with Gasteiger partial charge in [-0.2, -0.15) is 0 Å². The van der Waals surface area contributed by atoms with Crippen LogP contribution in [0, 0.1) is 0 Å². The van der Waals surface area contributed by atoms with Crippen molar-refractivity contribution in [2.45, 2.75) is 32.2 Å². The summed E-state index contributed by atoms with van der Waals surface area (Å²) in [5.41, 5.74) is 11.1. The van der Waals surface area contributed by atoms with E-state index >= 15 is 0 Å². The summed E-state index contributed by atoms with van der Waals surface area (Å²) in [4.78, 5) is 5.16. The minimum absolute atomic E-state index is 0.720. The zero-order valence-electron chi connectivity index (χ0n) is 10.7. The first-order valence-corrected chi connectivity index (χ1v) is 6.68. The Morgan fingerprint density at radius 2 is 1.75 bits per heavy atom. The van der Waals surface area contributed by atoms with Gasteiger partial charge in [0.1, 0.15) is 0 Å². The Bertz CT molecular complexity index is 174. The van der Waals surface area contributed by atoms with E-state index in [9.17, 15) is 0 Å². The molecule has 1 heterocycles. The summed E-state index contributed by atoms with van der Waals surface area (Å²) in [5.74, 6) is 0. The first-order chi connectivity index (χ1) is 7.81. The lowest BCUT2D eigenvalue weighted by atomic mass is 10.1. The van der Waals surface area contributed by atoms with Crippen LogP contribution in [0.2, 0.25) is 0 Å². The second kappa shape index (κ2) is 8.01. The van der Waals surface area contributed by atoms with Crippen LogP contribution in [0.3, 0.4) is 0 Å². The van der Waals surface area contributed by atoms with Crippen molar-refractivity contribution in [2.24, 2.45) is 11.5 Å². The largest absolute Gasteiger partial charge is 0.330 e. The molecule has 1 fully saturated rings. The smallest absolute Gasteiger partial charge is 0.0221 e. The number of nitrogens with zero attached hydrogens (tertiary/aromatic N) is 2. The monoisotopic (exact) mass is 228 g/mol. The van der Waals surface area contributed by atoms with Gasteiger partial charge in [-0.3, -0.25) is 4.90 Å². The Morgan fingerprint density at radius 3 is 2.38 bits per heavy atom. The Balaban J connectivity index is 2.31. The molecule has 0 bridgehead atoms. The second-order valence-electron chi connectivity index (χ2n) is 4.68. The summed E-state index contributed by atoms with van der Waals surface area (Å²) in [6.45, 7) is 9.84. The van der Waals surface area contributed by atoms with Gasteiger partial charge >= 0.3 is 0 Å². The summed E-state index contributed by atoms with van der Waals surface area (Å²) in [6.07, 6.45) is 3.49. The van der Waals surface area contributed by atoms with Crippen LogP contribution >= 0.6 is 0 Å². The molecule has 1 aliphatic heterocycles. The average Bonchev–Trinajstić information content (AvgIpc) is 2.34. The molecule has 4 N–H and O–H groups in total. The third kappa shape index (κ3) is 4.37. The Kier molecular flexibility index (Phi) is 6.96. The van der Waals surface area contributed by atoms with Gasteiger partial charge in [0.15, 0.2) is 0 Å². The Hall–Kier alpha value is -0.160. The van der Waals surface area contributed by atoms with Crippen LogP contribution in [0.1, 0.15) is 26.2 Å². The van der Waals surface area contributed by atoms with E-state index in [1.807, 2.05) is 0 Å². The fourth-order valence-electron chi connectivity index (χ4n) is 2.45. The number of hydrogen-bond acceptors (Lipinski definition) is 4. The zero-order valence-corrected chi connectivity index (χ0v) is 10.7. The molecule has 1 saturated heterocycles. The van der Waals surface area contributed by atoms with Crippen molar-refractivity contribution in [3.05, 3.63) is 0 Å². The molecule has 96 valence electrons. The molecular formula is C12H28N4. The van der Waals surface area contributed by atoms with Gasteiger partial charge in [0.05, 0.1) is 0 Å². The molecular weight excluding hydrogens is 200 g/mol. The number of piperazine rings is 1. The highest BCUT2D eigenvalue weighted by Crippen LogP contribution is 2.13. The van der Waals surface area contributed by atoms with Gasteiger partial charge in [0, 0.05) is 25.7 Å². The Morgan fingerprint density at radius 1 is 1.06 bits per heavy atom. The molecule has 0 aromatic rings. The predicted molar refractivity (Wildman–Crippen MR) is 69.4 cm³/mol. The lowest BCUT2D eigenvalue weighted by Gasteiger charge is -2.41. The van der Waals surface area contributed by atoms with E-state index < -0.39 is 0 Å². The summed E-state index contributed by atoms with van der Waals surface area (Å²) in [6, 6.07) is 0.720. The highest BCUT2D eigenvalue weighted by atomic mass is 15.3. The van der Waals surface area contributed by atoms with Crippen molar-refractivity contribution in [3.63, 3.8) is 0 Å². The van der Waals surface area contributed by atoms with E-state index in [1.54, 1.807) is 0 Å². The van der Waals surface area contributed by atoms with Gasteiger partial charge in [-0.15, -0.1) is 0 Å². The molecule has 4 heteroatoms. The highest BCUT2D eigenvalue weighted by Gasteiger charge is 2.24. The van der Waals surface area contributed by atoms with Crippen molar-refractivity contribution in [2.75, 3.05) is 45.8 Å². The van der Waals surface area contributed by atoms with Crippen LogP contribution in [-0.4, -0.2) is 61.7 Å². The normalized spacial score (nSPS) is 23.8. The lowest BCUT2D eigenvalue weighted by molar-refractivity contribution is 0.0714. The van der Waals surface area contributed by atoms with Crippen LogP contribution in [-0.2, 0) is 0 Å². The zero-order chi connectivity index (χ0) is 11.8. The van der Waals surface area contributed by atoms with Gasteiger partial charge in [0.25, 0.3) is 0 Å². The van der Waals surface area contributed by atoms with Crippen LogP contribution in [0.5, 0.6) is 0 Å². The van der Waals surface area contributed by atoms with Crippen molar-refractivity contribution in [1.82, 2.24) is 9.80 Å². The maximum Gasteiger partial charge on any atom is 0.0221 e. The highest BCUT2D eigenvalue weighted by molar-refractivity contribution is 4.81. The van der Waals surface area contributed by atoms with Gasteiger partial charge in [0.2, 0.25) is 0 Å². The van der Waals surface area contributed by atoms with E-state index in [2.05, 4.69) is 16.7 Å². The molecule has 0 aliphatic carbocycles. The van der Waals surface area contributed by atoms with Gasteiger partial charge in [-0.1, -0.05) is 6.92 Å². The van der Waals surface area contributed by atoms with Crippen LogP contribution < -0.4 is 11.5 Å². The first kappa shape index (κ1) is 13.9. The van der Waals surface area contributed by atoms with Gasteiger partial charge < -0.3 is 16.4 Å². The topological polar surface area (TPSA) is 58.5 Å². The van der Waals surface area contributed by atoms with Crippen molar-refractivity contribution in [3.8, 4) is 0 Å². The van der Waals surface area contributed by atoms with E-state index in [1.165, 1.54) is 32.6 Å². The fraction of sp³-hybridized carbons (Fsp3) is 1.00. The summed E-state index contributed by atoms with van der Waals surface area (Å²) in [7, 11) is 0. The first-order valence-electron chi connectivity index (χ1n) is 6.68. The maximum atomic E-state index is 5.57. The van der Waals surface area contributed by atoms with E-state index in [4.69, 9.17) is 11.5 Å². The summed E-state index contributed by atoms with van der Waals surface area (Å²) < 4.78 is 0. The third-order valence-electron chi connectivity index (χ3n) is 3.49. The quantitative estimate of drug-likeness (QED) is 0.648. The van der Waals surface area contributed by atoms with Crippen LogP contribution in [0.4, 0.5) is 0 Å². The predicted octanol–water partition coefficient (Wildman–Crippen LogP) is 0.0802. The number of rotatable bonds is 7. The van der Waals surface area contributed by atoms with Crippen molar-refractivity contribution >= 4 is 0 Å². The molecule has 16 heavy (non-hydrogen) atoms. The molecule has 0 aromatic carbocycles. The molecule has 0 amide bonds. The van der Waals surface area contributed by atoms with Crippen LogP contribution in [0.25, 0.3) is 0 Å². The number of nitrogens with two attached hydrogens (primary N) is 2. The lowest BCUT2D eigenvalue weighted by Crippen LogP contribution is -2.53. The molecule has 1 rings (SSSR count). The van der Waals surface area contributed by atoms with E-state index in [0.717, 1.165) is 38.5 Å². The average molecular weight is 228 g/mol. The van der Waals surface area contributed by atoms with Crippen LogP contribution in [0.15, 0.2) is 0 Å². The fourth-order valence-corrected chi connectivity index (χ4v) is 2.45. The molecule has 0 aromatic heterocycles. The standard InChI is InChI=1S/C12H28N4/c1-2-12-11-15(7-3-5-13)9-10-16(12)8-4-6-14/h12H,2-11,13-14H2,1H3.